The second-order valence-corrected chi connectivity index (χ2v) is 8.19. The predicted molar refractivity (Wildman–Crippen MR) is 115 cm³/mol. The molecule has 0 spiro atoms. The van der Waals surface area contributed by atoms with Crippen LogP contribution in [0.15, 0.2) is 24.3 Å². The van der Waals surface area contributed by atoms with Crippen LogP contribution in [0.25, 0.3) is 0 Å². The summed E-state index contributed by atoms with van der Waals surface area (Å²) >= 11 is 0. The summed E-state index contributed by atoms with van der Waals surface area (Å²) in [5, 5.41) is 6.80. The van der Waals surface area contributed by atoms with Crippen LogP contribution in [0.1, 0.15) is 50.2 Å². The maximum Gasteiger partial charge on any atom is 0.237 e. The lowest BCUT2D eigenvalue weighted by atomic mass is 9.85. The number of halogens is 2. The van der Waals surface area contributed by atoms with Gasteiger partial charge in [0.2, 0.25) is 5.91 Å². The van der Waals surface area contributed by atoms with Crippen molar-refractivity contribution >= 4 is 30.7 Å². The molecule has 1 amide bonds. The Balaban J connectivity index is 0.00000131. The topological polar surface area (TPSA) is 44.4 Å². The molecular weight excluding hydrogens is 381 g/mol. The van der Waals surface area contributed by atoms with Gasteiger partial charge in [0.15, 0.2) is 0 Å². The number of fused-ring (bicyclic) bond motifs is 2. The number of hydrogen-bond donors (Lipinski definition) is 2. The highest BCUT2D eigenvalue weighted by Crippen LogP contribution is 2.33. The minimum Gasteiger partial charge on any atom is -0.353 e. The molecule has 2 aliphatic heterocycles. The molecule has 0 bridgehead atoms. The monoisotopic (exact) mass is 413 g/mol. The van der Waals surface area contributed by atoms with Crippen molar-refractivity contribution in [2.75, 3.05) is 13.1 Å². The Morgan fingerprint density at radius 3 is 2.74 bits per heavy atom. The zero-order valence-electron chi connectivity index (χ0n) is 16.2. The van der Waals surface area contributed by atoms with Crippen LogP contribution in [0.3, 0.4) is 0 Å². The number of carbonyl (C=O) groups excluding carboxylic acids is 1. The van der Waals surface area contributed by atoms with E-state index in [4.69, 9.17) is 0 Å². The maximum atomic E-state index is 12.6. The van der Waals surface area contributed by atoms with Gasteiger partial charge < -0.3 is 10.6 Å². The van der Waals surface area contributed by atoms with Gasteiger partial charge in [0.05, 0.1) is 6.04 Å². The van der Waals surface area contributed by atoms with E-state index in [1.807, 2.05) is 0 Å². The fourth-order valence-corrected chi connectivity index (χ4v) is 4.92. The Morgan fingerprint density at radius 1 is 1.22 bits per heavy atom. The zero-order chi connectivity index (χ0) is 17.2. The molecule has 1 aromatic rings. The van der Waals surface area contributed by atoms with Crippen molar-refractivity contribution in [3.05, 3.63) is 35.4 Å². The first-order chi connectivity index (χ1) is 12.2. The van der Waals surface area contributed by atoms with Crippen molar-refractivity contribution in [1.82, 2.24) is 15.5 Å². The molecule has 6 heteroatoms. The largest absolute Gasteiger partial charge is 0.353 e. The first-order valence-corrected chi connectivity index (χ1v) is 10.1. The molecule has 152 valence electrons. The van der Waals surface area contributed by atoms with Gasteiger partial charge in [-0.3, -0.25) is 9.69 Å². The Morgan fingerprint density at radius 2 is 1.96 bits per heavy atom. The fraction of sp³-hybridized carbons (Fsp3) is 0.667. The van der Waals surface area contributed by atoms with Crippen molar-refractivity contribution in [2.45, 2.75) is 70.1 Å². The van der Waals surface area contributed by atoms with E-state index in [9.17, 15) is 4.79 Å². The smallest absolute Gasteiger partial charge is 0.237 e. The summed E-state index contributed by atoms with van der Waals surface area (Å²) in [6.45, 7) is 5.06. The molecule has 4 nitrogen and oxygen atoms in total. The minimum absolute atomic E-state index is 0. The molecule has 0 aromatic heterocycles. The molecule has 1 saturated heterocycles. The predicted octanol–water partition coefficient (Wildman–Crippen LogP) is 3.31. The highest BCUT2D eigenvalue weighted by atomic mass is 35.5. The molecule has 4 unspecified atom stereocenters. The quantitative estimate of drug-likeness (QED) is 0.795. The van der Waals surface area contributed by atoms with Crippen LogP contribution in [0.5, 0.6) is 0 Å². The van der Waals surface area contributed by atoms with Gasteiger partial charge in [0, 0.05) is 31.7 Å². The number of hydrogen-bond acceptors (Lipinski definition) is 3. The zero-order valence-corrected chi connectivity index (χ0v) is 17.8. The third-order valence-corrected chi connectivity index (χ3v) is 6.53. The standard InChI is InChI=1S/C21H31N3O.2ClH/c1-15(24-11-10-16-6-2-3-8-18(16)14-24)13-22-21(25)20-12-17-7-4-5-9-19(17)23-20;;/h2-3,6,8,15,17,19-20,23H,4-5,7,9-14H2,1H3,(H,22,25);2*1H. The molecule has 0 radical (unpaired) electrons. The second-order valence-electron chi connectivity index (χ2n) is 8.19. The molecule has 1 aromatic carbocycles. The van der Waals surface area contributed by atoms with Crippen LogP contribution in [0.2, 0.25) is 0 Å². The number of rotatable bonds is 4. The molecule has 1 saturated carbocycles. The van der Waals surface area contributed by atoms with Gasteiger partial charge in [-0.05, 0) is 49.7 Å². The van der Waals surface area contributed by atoms with E-state index < -0.39 is 0 Å². The van der Waals surface area contributed by atoms with E-state index in [1.54, 1.807) is 0 Å². The van der Waals surface area contributed by atoms with Crippen LogP contribution in [0, 0.1) is 5.92 Å². The second kappa shape index (κ2) is 10.1. The van der Waals surface area contributed by atoms with Crippen molar-refractivity contribution in [1.29, 1.82) is 0 Å². The Labute approximate surface area is 175 Å². The lowest BCUT2D eigenvalue weighted by Crippen LogP contribution is -2.48. The first kappa shape index (κ1) is 22.5. The van der Waals surface area contributed by atoms with Crippen molar-refractivity contribution < 1.29 is 4.79 Å². The summed E-state index contributed by atoms with van der Waals surface area (Å²) in [6.07, 6.45) is 7.34. The highest BCUT2D eigenvalue weighted by molar-refractivity contribution is 5.85. The van der Waals surface area contributed by atoms with Crippen molar-refractivity contribution in [2.24, 2.45) is 5.92 Å². The van der Waals surface area contributed by atoms with Gasteiger partial charge in [-0.2, -0.15) is 0 Å². The molecule has 2 heterocycles. The summed E-state index contributed by atoms with van der Waals surface area (Å²) in [5.41, 5.74) is 2.92. The fourth-order valence-electron chi connectivity index (χ4n) is 4.92. The van der Waals surface area contributed by atoms with E-state index in [2.05, 4.69) is 46.7 Å². The van der Waals surface area contributed by atoms with Crippen molar-refractivity contribution in [3.63, 3.8) is 0 Å². The van der Waals surface area contributed by atoms with E-state index >= 15 is 0 Å². The summed E-state index contributed by atoms with van der Waals surface area (Å²) in [5.74, 6) is 0.930. The van der Waals surface area contributed by atoms with Crippen LogP contribution >= 0.6 is 24.8 Å². The average Bonchev–Trinajstić information content (AvgIpc) is 3.09. The Hall–Kier alpha value is -0.810. The van der Waals surface area contributed by atoms with Gasteiger partial charge in [0.1, 0.15) is 0 Å². The minimum atomic E-state index is 0. The van der Waals surface area contributed by atoms with Gasteiger partial charge in [-0.15, -0.1) is 24.8 Å². The molecule has 4 rings (SSSR count). The lowest BCUT2D eigenvalue weighted by molar-refractivity contribution is -0.123. The van der Waals surface area contributed by atoms with Crippen molar-refractivity contribution in [3.8, 4) is 0 Å². The molecule has 4 atom stereocenters. The van der Waals surface area contributed by atoms with Crippen LogP contribution < -0.4 is 10.6 Å². The van der Waals surface area contributed by atoms with Gasteiger partial charge in [0.25, 0.3) is 0 Å². The average molecular weight is 414 g/mol. The summed E-state index contributed by atoms with van der Waals surface area (Å²) in [7, 11) is 0. The Kier molecular flexibility index (Phi) is 8.41. The number of nitrogens with zero attached hydrogens (tertiary/aromatic N) is 1. The van der Waals surface area contributed by atoms with Crippen LogP contribution in [0.4, 0.5) is 0 Å². The molecular formula is C21H33Cl2N3O. The van der Waals surface area contributed by atoms with Gasteiger partial charge in [-0.1, -0.05) is 37.1 Å². The molecule has 3 aliphatic rings. The SMILES string of the molecule is CC(CNC(=O)C1CC2CCCCC2N1)N1CCc2ccccc2C1.Cl.Cl. The molecule has 2 fully saturated rings. The molecule has 1 aliphatic carbocycles. The van der Waals surface area contributed by atoms with E-state index in [-0.39, 0.29) is 36.8 Å². The van der Waals surface area contributed by atoms with E-state index in [0.717, 1.165) is 38.4 Å². The van der Waals surface area contributed by atoms with Crippen LogP contribution in [-0.4, -0.2) is 42.0 Å². The number of benzene rings is 1. The van der Waals surface area contributed by atoms with Gasteiger partial charge in [-0.25, -0.2) is 0 Å². The third kappa shape index (κ3) is 5.17. The number of amides is 1. The maximum absolute atomic E-state index is 12.6. The first-order valence-electron chi connectivity index (χ1n) is 10.1. The summed E-state index contributed by atoms with van der Waals surface area (Å²) in [6, 6.07) is 9.72. The molecule has 27 heavy (non-hydrogen) atoms. The normalized spacial score (nSPS) is 28.1. The van der Waals surface area contributed by atoms with Gasteiger partial charge >= 0.3 is 0 Å². The number of nitrogens with one attached hydrogen (secondary N) is 2. The Bertz CT molecular complexity index is 613. The number of carbonyl (C=O) groups is 1. The summed E-state index contributed by atoms with van der Waals surface area (Å²) in [4.78, 5) is 15.1. The van der Waals surface area contributed by atoms with E-state index in [0.29, 0.717) is 12.1 Å². The molecule has 2 N–H and O–H groups in total. The third-order valence-electron chi connectivity index (χ3n) is 6.53. The summed E-state index contributed by atoms with van der Waals surface area (Å²) < 4.78 is 0. The van der Waals surface area contributed by atoms with Crippen LogP contribution in [-0.2, 0) is 17.8 Å². The van der Waals surface area contributed by atoms with E-state index in [1.165, 1.54) is 36.8 Å². The lowest BCUT2D eigenvalue weighted by Gasteiger charge is -2.34. The highest BCUT2D eigenvalue weighted by Gasteiger charge is 2.38.